The lowest BCUT2D eigenvalue weighted by molar-refractivity contribution is 0.146. The molecule has 2 N–H and O–H groups in total. The molecule has 1 aliphatic heterocycles. The molecule has 0 aromatic heterocycles. The predicted molar refractivity (Wildman–Crippen MR) is 98.3 cm³/mol. The van der Waals surface area contributed by atoms with Crippen LogP contribution in [0.4, 0.5) is 0 Å². The molecule has 1 aliphatic rings. The first-order valence-corrected chi connectivity index (χ1v) is 9.27. The maximum absolute atomic E-state index is 5.33. The lowest BCUT2D eigenvalue weighted by Crippen LogP contribution is -2.44. The van der Waals surface area contributed by atoms with Gasteiger partial charge in [0.25, 0.3) is 0 Å². The standard InChI is InChI=1S/C17H37N5O/c1-4-18-17(20-10-8-16-23-5-2)19-9-6-7-11-22-14-12-21(3)13-15-22/h4-16H2,1-3H3,(H2,18,19,20). The summed E-state index contributed by atoms with van der Waals surface area (Å²) in [5.41, 5.74) is 0. The second-order valence-corrected chi connectivity index (χ2v) is 6.09. The van der Waals surface area contributed by atoms with Crippen LogP contribution in [0.3, 0.4) is 0 Å². The summed E-state index contributed by atoms with van der Waals surface area (Å²) in [6.45, 7) is 14.5. The number of nitrogens with one attached hydrogen (secondary N) is 2. The molecule has 1 saturated heterocycles. The van der Waals surface area contributed by atoms with Crippen LogP contribution in [-0.2, 0) is 4.74 Å². The fraction of sp³-hybridized carbons (Fsp3) is 0.941. The van der Waals surface area contributed by atoms with Crippen LogP contribution in [0, 0.1) is 0 Å². The fourth-order valence-electron chi connectivity index (χ4n) is 2.58. The van der Waals surface area contributed by atoms with Crippen molar-refractivity contribution in [3.05, 3.63) is 0 Å². The molecule has 0 unspecified atom stereocenters. The third-order valence-corrected chi connectivity index (χ3v) is 4.05. The van der Waals surface area contributed by atoms with Gasteiger partial charge in [0.05, 0.1) is 0 Å². The molecule has 1 rings (SSSR count). The van der Waals surface area contributed by atoms with Gasteiger partial charge in [-0.05, 0) is 46.7 Å². The molecule has 1 heterocycles. The van der Waals surface area contributed by atoms with E-state index in [0.29, 0.717) is 0 Å². The highest BCUT2D eigenvalue weighted by Gasteiger charge is 2.12. The zero-order valence-electron chi connectivity index (χ0n) is 15.4. The second-order valence-electron chi connectivity index (χ2n) is 6.09. The SMILES string of the molecule is CCNC(=NCCCOCC)NCCCCN1CCN(C)CC1. The number of ether oxygens (including phenoxy) is 1. The average Bonchev–Trinajstić information content (AvgIpc) is 2.56. The number of hydrogen-bond donors (Lipinski definition) is 2. The van der Waals surface area contributed by atoms with Crippen LogP contribution >= 0.6 is 0 Å². The number of guanidine groups is 1. The molecule has 0 bridgehead atoms. The van der Waals surface area contributed by atoms with Crippen molar-refractivity contribution in [3.8, 4) is 0 Å². The molecule has 0 spiro atoms. The van der Waals surface area contributed by atoms with Gasteiger partial charge in [0.2, 0.25) is 0 Å². The first-order valence-electron chi connectivity index (χ1n) is 9.27. The van der Waals surface area contributed by atoms with E-state index >= 15 is 0 Å². The molecule has 0 amide bonds. The minimum atomic E-state index is 0.787. The molecule has 0 aromatic rings. The maximum atomic E-state index is 5.33. The van der Waals surface area contributed by atoms with Crippen molar-refractivity contribution in [1.82, 2.24) is 20.4 Å². The molecule has 0 aromatic carbocycles. The monoisotopic (exact) mass is 327 g/mol. The van der Waals surface area contributed by atoms with Crippen molar-refractivity contribution >= 4 is 5.96 Å². The average molecular weight is 328 g/mol. The number of piperazine rings is 1. The topological polar surface area (TPSA) is 52.1 Å². The van der Waals surface area contributed by atoms with Crippen molar-refractivity contribution in [3.63, 3.8) is 0 Å². The highest BCUT2D eigenvalue weighted by Crippen LogP contribution is 2.01. The summed E-state index contributed by atoms with van der Waals surface area (Å²) in [6.07, 6.45) is 3.42. The van der Waals surface area contributed by atoms with E-state index in [1.165, 1.54) is 45.6 Å². The van der Waals surface area contributed by atoms with Gasteiger partial charge in [0, 0.05) is 59.0 Å². The molecule has 0 aliphatic carbocycles. The molecular weight excluding hydrogens is 290 g/mol. The number of rotatable bonds is 11. The molecule has 0 atom stereocenters. The Kier molecular flexibility index (Phi) is 11.9. The number of hydrogen-bond acceptors (Lipinski definition) is 4. The highest BCUT2D eigenvalue weighted by atomic mass is 16.5. The molecule has 23 heavy (non-hydrogen) atoms. The highest BCUT2D eigenvalue weighted by molar-refractivity contribution is 5.79. The minimum Gasteiger partial charge on any atom is -0.382 e. The molecular formula is C17H37N5O. The van der Waals surface area contributed by atoms with Crippen LogP contribution in [0.15, 0.2) is 4.99 Å². The first kappa shape index (κ1) is 20.2. The van der Waals surface area contributed by atoms with Gasteiger partial charge in [0.15, 0.2) is 5.96 Å². The van der Waals surface area contributed by atoms with Crippen molar-refractivity contribution in [2.45, 2.75) is 33.1 Å². The van der Waals surface area contributed by atoms with Gasteiger partial charge in [-0.15, -0.1) is 0 Å². The van der Waals surface area contributed by atoms with E-state index in [-0.39, 0.29) is 0 Å². The van der Waals surface area contributed by atoms with Gasteiger partial charge in [-0.1, -0.05) is 0 Å². The van der Waals surface area contributed by atoms with Gasteiger partial charge < -0.3 is 25.2 Å². The Bertz CT molecular complexity index is 303. The van der Waals surface area contributed by atoms with Crippen molar-refractivity contribution < 1.29 is 4.74 Å². The lowest BCUT2D eigenvalue weighted by Gasteiger charge is -2.32. The summed E-state index contributed by atoms with van der Waals surface area (Å²) >= 11 is 0. The molecule has 6 heteroatoms. The Hall–Kier alpha value is -0.850. The van der Waals surface area contributed by atoms with Crippen LogP contribution < -0.4 is 10.6 Å². The second kappa shape index (κ2) is 13.6. The zero-order chi connectivity index (χ0) is 16.8. The number of likely N-dealkylation sites (N-methyl/N-ethyl adjacent to an activating group) is 1. The van der Waals surface area contributed by atoms with Crippen LogP contribution in [0.5, 0.6) is 0 Å². The van der Waals surface area contributed by atoms with Gasteiger partial charge in [-0.2, -0.15) is 0 Å². The van der Waals surface area contributed by atoms with E-state index in [2.05, 4.69) is 39.4 Å². The van der Waals surface area contributed by atoms with E-state index in [1.807, 2.05) is 6.92 Å². The van der Waals surface area contributed by atoms with Crippen molar-refractivity contribution in [1.29, 1.82) is 0 Å². The largest absolute Gasteiger partial charge is 0.382 e. The minimum absolute atomic E-state index is 0.787. The van der Waals surface area contributed by atoms with Gasteiger partial charge >= 0.3 is 0 Å². The third-order valence-electron chi connectivity index (χ3n) is 4.05. The molecule has 0 saturated carbocycles. The lowest BCUT2D eigenvalue weighted by atomic mass is 10.2. The van der Waals surface area contributed by atoms with E-state index in [4.69, 9.17) is 4.74 Å². The Morgan fingerprint density at radius 2 is 1.83 bits per heavy atom. The summed E-state index contributed by atoms with van der Waals surface area (Å²) < 4.78 is 5.33. The van der Waals surface area contributed by atoms with E-state index in [1.54, 1.807) is 0 Å². The fourth-order valence-corrected chi connectivity index (χ4v) is 2.58. The van der Waals surface area contributed by atoms with Crippen LogP contribution in [-0.4, -0.2) is 88.4 Å². The Balaban J connectivity index is 2.06. The van der Waals surface area contributed by atoms with Gasteiger partial charge in [-0.25, -0.2) is 0 Å². The molecule has 0 radical (unpaired) electrons. The summed E-state index contributed by atoms with van der Waals surface area (Å²) in [7, 11) is 2.21. The first-order chi connectivity index (χ1) is 11.3. The van der Waals surface area contributed by atoms with Crippen LogP contribution in [0.1, 0.15) is 33.1 Å². The summed E-state index contributed by atoms with van der Waals surface area (Å²) in [5, 5.41) is 6.73. The smallest absolute Gasteiger partial charge is 0.191 e. The zero-order valence-corrected chi connectivity index (χ0v) is 15.4. The van der Waals surface area contributed by atoms with Gasteiger partial charge in [-0.3, -0.25) is 4.99 Å². The van der Waals surface area contributed by atoms with Crippen molar-refractivity contribution in [2.75, 3.05) is 72.6 Å². The number of unbranched alkanes of at least 4 members (excludes halogenated alkanes) is 1. The summed E-state index contributed by atoms with van der Waals surface area (Å²) in [4.78, 5) is 9.56. The molecule has 1 fully saturated rings. The van der Waals surface area contributed by atoms with E-state index < -0.39 is 0 Å². The van der Waals surface area contributed by atoms with Crippen molar-refractivity contribution in [2.24, 2.45) is 4.99 Å². The number of aliphatic imine (C=N–C) groups is 1. The quantitative estimate of drug-likeness (QED) is 0.337. The Morgan fingerprint density at radius 1 is 1.04 bits per heavy atom. The van der Waals surface area contributed by atoms with Crippen LogP contribution in [0.2, 0.25) is 0 Å². The Morgan fingerprint density at radius 3 is 2.52 bits per heavy atom. The van der Waals surface area contributed by atoms with Crippen LogP contribution in [0.25, 0.3) is 0 Å². The molecule has 6 nitrogen and oxygen atoms in total. The predicted octanol–water partition coefficient (Wildman–Crippen LogP) is 0.996. The summed E-state index contributed by atoms with van der Waals surface area (Å²) in [5.74, 6) is 0.934. The normalized spacial score (nSPS) is 17.4. The molecule has 136 valence electrons. The summed E-state index contributed by atoms with van der Waals surface area (Å²) in [6, 6.07) is 0. The van der Waals surface area contributed by atoms with E-state index in [0.717, 1.165) is 45.2 Å². The van der Waals surface area contributed by atoms with E-state index in [9.17, 15) is 0 Å². The third kappa shape index (κ3) is 10.5. The van der Waals surface area contributed by atoms with Gasteiger partial charge in [0.1, 0.15) is 0 Å². The maximum Gasteiger partial charge on any atom is 0.191 e. The number of nitrogens with zero attached hydrogens (tertiary/aromatic N) is 3. The Labute approximate surface area is 142 Å².